The van der Waals surface area contributed by atoms with Gasteiger partial charge in [-0.1, -0.05) is 26.8 Å². The minimum Gasteiger partial charge on any atom is -0.492 e. The van der Waals surface area contributed by atoms with Crippen LogP contribution in [0.3, 0.4) is 0 Å². The van der Waals surface area contributed by atoms with Gasteiger partial charge in [-0.2, -0.15) is 5.01 Å². The van der Waals surface area contributed by atoms with E-state index in [0.717, 1.165) is 29.7 Å². The Balaban J connectivity index is 1.59. The van der Waals surface area contributed by atoms with E-state index in [1.165, 1.54) is 13.4 Å². The van der Waals surface area contributed by atoms with E-state index >= 15 is 0 Å². The molecule has 39 heavy (non-hydrogen) atoms. The van der Waals surface area contributed by atoms with E-state index in [2.05, 4.69) is 20.8 Å². The lowest BCUT2D eigenvalue weighted by atomic mass is 9.86. The van der Waals surface area contributed by atoms with Crippen molar-refractivity contribution in [1.82, 2.24) is 10.7 Å². The van der Waals surface area contributed by atoms with Crippen LogP contribution < -0.4 is 36.1 Å². The zero-order valence-electron chi connectivity index (χ0n) is 23.2. The summed E-state index contributed by atoms with van der Waals surface area (Å²) in [6.45, 7) is 8.68. The molecular formula is C27H39N6O5S+. The highest BCUT2D eigenvalue weighted by molar-refractivity contribution is 8.24. The van der Waals surface area contributed by atoms with Crippen LogP contribution in [-0.2, 0) is 10.2 Å². The molecule has 1 heterocycles. The van der Waals surface area contributed by atoms with E-state index in [1.54, 1.807) is 34.9 Å². The number of methoxy groups -OCH3 is 1. The summed E-state index contributed by atoms with van der Waals surface area (Å²) in [6, 6.07) is 8.95. The molecule has 2 aliphatic rings. The molecule has 2 aromatic rings. The number of rotatable bonds is 9. The van der Waals surface area contributed by atoms with Gasteiger partial charge in [0.25, 0.3) is 11.8 Å². The standard InChI is InChI=1S/C27H38N6O5S/c1-16-7-10-18(11-23(16)33-15-22(30-32-33)26(35)28-14-17-8-9-17)25(34)29-20-12-19(27(2,3)4)13-21(24(20)38-5)31-39(6,36)37/h7,10-13,15,17,30-32,36-37H,8-9,14H2,1-6H3,(H,28,35)(H,29,34)/p+1. The zero-order chi connectivity index (χ0) is 28.5. The first-order valence-electron chi connectivity index (χ1n) is 12.8. The van der Waals surface area contributed by atoms with E-state index in [1.807, 2.05) is 39.8 Å². The molecule has 0 saturated heterocycles. The van der Waals surface area contributed by atoms with Crippen molar-refractivity contribution in [2.45, 2.75) is 46.0 Å². The maximum atomic E-state index is 13.4. The monoisotopic (exact) mass is 559 g/mol. The highest BCUT2D eigenvalue weighted by atomic mass is 32.3. The molecule has 1 saturated carbocycles. The van der Waals surface area contributed by atoms with Gasteiger partial charge in [-0.25, -0.2) is 5.43 Å². The Hall–Kier alpha value is -3.45. The minimum absolute atomic E-state index is 0.161. The largest absolute Gasteiger partial charge is 0.492 e. The van der Waals surface area contributed by atoms with Crippen molar-refractivity contribution in [1.29, 1.82) is 0 Å². The van der Waals surface area contributed by atoms with E-state index in [4.69, 9.17) is 4.74 Å². The summed E-state index contributed by atoms with van der Waals surface area (Å²) >= 11 is 0. The van der Waals surface area contributed by atoms with Crippen LogP contribution in [0.2, 0.25) is 0 Å². The van der Waals surface area contributed by atoms with Gasteiger partial charge in [0.2, 0.25) is 0 Å². The fraction of sp³-hybridized carbons (Fsp3) is 0.407. The third-order valence-corrected chi connectivity index (χ3v) is 7.19. The second-order valence-corrected chi connectivity index (χ2v) is 13.0. The fourth-order valence-corrected chi connectivity index (χ4v) is 4.72. The third kappa shape index (κ3) is 7.15. The Labute approximate surface area is 230 Å². The maximum Gasteiger partial charge on any atom is 0.274 e. The quantitative estimate of drug-likeness (QED) is 0.231. The Morgan fingerprint density at radius 1 is 1.15 bits per heavy atom. The molecule has 1 aliphatic heterocycles. The Kier molecular flexibility index (Phi) is 8.03. The number of nitrogens with two attached hydrogens (primary N) is 1. The lowest BCUT2D eigenvalue weighted by molar-refractivity contribution is -0.699. The first kappa shape index (κ1) is 28.6. The van der Waals surface area contributed by atoms with Crippen molar-refractivity contribution in [3.63, 3.8) is 0 Å². The van der Waals surface area contributed by atoms with Gasteiger partial charge in [0, 0.05) is 18.4 Å². The number of anilines is 3. The molecule has 11 nitrogen and oxygen atoms in total. The van der Waals surface area contributed by atoms with Gasteiger partial charge in [0.05, 0.1) is 30.4 Å². The van der Waals surface area contributed by atoms with Gasteiger partial charge >= 0.3 is 0 Å². The van der Waals surface area contributed by atoms with Crippen LogP contribution in [0.25, 0.3) is 0 Å². The minimum atomic E-state index is -3.10. The van der Waals surface area contributed by atoms with Gasteiger partial charge in [-0.3, -0.25) is 23.4 Å². The number of nitrogens with one attached hydrogen (secondary N) is 4. The summed E-state index contributed by atoms with van der Waals surface area (Å²) in [5.41, 5.74) is 8.55. The number of hydrogen-bond donors (Lipinski definition) is 7. The summed E-state index contributed by atoms with van der Waals surface area (Å²) in [5, 5.41) is 7.66. The van der Waals surface area contributed by atoms with Crippen LogP contribution in [0.5, 0.6) is 5.75 Å². The Morgan fingerprint density at radius 3 is 2.46 bits per heavy atom. The second kappa shape index (κ2) is 11.0. The first-order valence-corrected chi connectivity index (χ1v) is 14.7. The number of benzene rings is 2. The maximum absolute atomic E-state index is 13.4. The van der Waals surface area contributed by atoms with E-state index in [0.29, 0.717) is 35.1 Å². The molecule has 0 aromatic heterocycles. The van der Waals surface area contributed by atoms with Gasteiger partial charge in [0.15, 0.2) is 11.4 Å². The summed E-state index contributed by atoms with van der Waals surface area (Å²) in [7, 11) is -1.64. The summed E-state index contributed by atoms with van der Waals surface area (Å²) in [4.78, 5) is 25.9. The van der Waals surface area contributed by atoms with Crippen LogP contribution in [0.1, 0.15) is 55.1 Å². The van der Waals surface area contributed by atoms with Crippen molar-refractivity contribution in [2.75, 3.05) is 35.0 Å². The molecule has 0 unspecified atom stereocenters. The number of carbonyl (C=O) groups is 2. The third-order valence-electron chi connectivity index (χ3n) is 6.58. The highest BCUT2D eigenvalue weighted by Gasteiger charge is 2.27. The normalized spacial score (nSPS) is 15.8. The summed E-state index contributed by atoms with van der Waals surface area (Å²) < 4.78 is 28.4. The van der Waals surface area contributed by atoms with E-state index in [9.17, 15) is 18.7 Å². The van der Waals surface area contributed by atoms with Crippen LogP contribution in [0.4, 0.5) is 17.1 Å². The lowest BCUT2D eigenvalue weighted by Crippen LogP contribution is -2.98. The van der Waals surface area contributed by atoms with Crippen molar-refractivity contribution in [3.05, 3.63) is 58.9 Å². The van der Waals surface area contributed by atoms with Gasteiger partial charge in [-0.15, -0.1) is 16.3 Å². The predicted molar refractivity (Wildman–Crippen MR) is 155 cm³/mol. The molecule has 12 heteroatoms. The zero-order valence-corrected chi connectivity index (χ0v) is 24.0. The molecule has 1 aliphatic carbocycles. The van der Waals surface area contributed by atoms with E-state index in [-0.39, 0.29) is 23.0 Å². The SMILES string of the molecule is COc1c(NC(=O)c2ccc(C)c(N3C=C(C(=O)NCC4CC4)N[NH2+]3)c2)cc(C(C)(C)C)cc1NS(C)(O)O. The molecule has 2 aromatic carbocycles. The first-order chi connectivity index (χ1) is 18.2. The Bertz CT molecular complexity index is 1300. The van der Waals surface area contributed by atoms with Crippen LogP contribution in [-0.4, -0.2) is 40.8 Å². The van der Waals surface area contributed by atoms with Crippen LogP contribution >= 0.6 is 10.8 Å². The number of nitrogens with zero attached hydrogens (tertiary/aromatic N) is 1. The van der Waals surface area contributed by atoms with Crippen molar-refractivity contribution in [2.24, 2.45) is 5.92 Å². The van der Waals surface area contributed by atoms with Crippen molar-refractivity contribution in [3.8, 4) is 5.75 Å². The van der Waals surface area contributed by atoms with Gasteiger partial charge in [-0.05, 0) is 66.5 Å². The molecule has 0 radical (unpaired) electrons. The number of hydrogen-bond acceptors (Lipinski definition) is 8. The average molecular weight is 560 g/mol. The molecule has 4 rings (SSSR count). The van der Waals surface area contributed by atoms with Crippen LogP contribution in [0.15, 0.2) is 42.2 Å². The second-order valence-electron chi connectivity index (χ2n) is 11.1. The molecule has 2 amide bonds. The van der Waals surface area contributed by atoms with Gasteiger partial charge < -0.3 is 15.4 Å². The molecule has 0 spiro atoms. The summed E-state index contributed by atoms with van der Waals surface area (Å²) in [5.74, 6) is 0.341. The molecule has 212 valence electrons. The number of quaternary nitrogens is 1. The lowest BCUT2D eigenvalue weighted by Gasteiger charge is -2.31. The molecule has 8 N–H and O–H groups in total. The average Bonchev–Trinajstić information content (AvgIpc) is 3.54. The highest BCUT2D eigenvalue weighted by Crippen LogP contribution is 2.44. The van der Waals surface area contributed by atoms with Gasteiger partial charge in [0.1, 0.15) is 0 Å². The number of aryl methyl sites for hydroxylation is 1. The molecule has 0 bridgehead atoms. The van der Waals surface area contributed by atoms with Crippen molar-refractivity contribution >= 4 is 39.7 Å². The topological polar surface area (TPSA) is 152 Å². The smallest absolute Gasteiger partial charge is 0.274 e. The number of ether oxygens (including phenoxy) is 1. The Morgan fingerprint density at radius 2 is 1.85 bits per heavy atom. The van der Waals surface area contributed by atoms with E-state index < -0.39 is 10.8 Å². The molecule has 1 fully saturated rings. The molecular weight excluding hydrogens is 520 g/mol. The number of amides is 2. The van der Waals surface area contributed by atoms with Crippen LogP contribution in [0, 0.1) is 12.8 Å². The van der Waals surface area contributed by atoms with Crippen molar-refractivity contribution < 1.29 is 29.0 Å². The molecule has 0 atom stereocenters. The fourth-order valence-electron chi connectivity index (χ4n) is 4.15. The predicted octanol–water partition coefficient (Wildman–Crippen LogP) is 3.43. The summed E-state index contributed by atoms with van der Waals surface area (Å²) in [6.07, 6.45) is 5.31. The number of carbonyl (C=O) groups excluding carboxylic acids is 2.